The van der Waals surface area contributed by atoms with Gasteiger partial charge in [0, 0.05) is 0 Å². The molecule has 0 aliphatic carbocycles. The van der Waals surface area contributed by atoms with E-state index in [1.807, 2.05) is 0 Å². The molecule has 0 amide bonds. The van der Waals surface area contributed by atoms with Crippen molar-refractivity contribution in [2.24, 2.45) is 7.05 Å². The van der Waals surface area contributed by atoms with Crippen molar-refractivity contribution in [2.45, 2.75) is 0 Å². The second kappa shape index (κ2) is 13.7. The molecule has 0 aliphatic heterocycles. The summed E-state index contributed by atoms with van der Waals surface area (Å²) >= 11 is -8.03. The van der Waals surface area contributed by atoms with Crippen LogP contribution in [0.15, 0.2) is 0 Å². The summed E-state index contributed by atoms with van der Waals surface area (Å²) in [6.45, 7) is 0. The van der Waals surface area contributed by atoms with E-state index < -0.39 is 42.1 Å². The quantitative estimate of drug-likeness (QED) is 0.256. The molecule has 1 radical (unpaired) electrons. The zero-order valence-corrected chi connectivity index (χ0v) is 12.6. The first-order valence-electron chi connectivity index (χ1n) is 2.71. The van der Waals surface area contributed by atoms with Crippen LogP contribution in [0.5, 0.6) is 0 Å². The second-order valence-electron chi connectivity index (χ2n) is 1.52. The molecule has 0 atom stereocenters. The summed E-state index contributed by atoms with van der Waals surface area (Å²) in [5.74, 6) is 0.211. The molecule has 11 nitrogen and oxygen atoms in total. The fourth-order valence-corrected chi connectivity index (χ4v) is 0.299. The van der Waals surface area contributed by atoms with Crippen LogP contribution < -0.4 is 68.5 Å². The standard InChI is InChI=1S/C2H5N5.Cu.2IO3/c1-7-5-2(3)4-6-7;;2*2-1(3)4/h1H3,(H2,3,5);;;/q;+2;2*-1. The van der Waals surface area contributed by atoms with Gasteiger partial charge >= 0.3 is 17.1 Å². The van der Waals surface area contributed by atoms with Crippen LogP contribution in [-0.4, -0.2) is 20.2 Å². The van der Waals surface area contributed by atoms with Crippen molar-refractivity contribution in [1.82, 2.24) is 20.2 Å². The molecule has 2 N–H and O–H groups in total. The zero-order chi connectivity index (χ0) is 12.4. The molecular formula is C2H5CuI2N5O6. The molecule has 0 unspecified atom stereocenters. The normalized spacial score (nSPS) is 8.56. The average Bonchev–Trinajstić information content (AvgIpc) is 2.31. The molecular weight excluding hydrogens is 507 g/mol. The Balaban J connectivity index is -0.000000166. The summed E-state index contributed by atoms with van der Waals surface area (Å²) in [6.07, 6.45) is 0. The van der Waals surface area contributed by atoms with Crippen LogP contribution in [0.4, 0.5) is 5.95 Å². The average molecular weight is 512 g/mol. The largest absolute Gasteiger partial charge is 2.00 e. The molecule has 14 heteroatoms. The molecule has 99 valence electrons. The van der Waals surface area contributed by atoms with E-state index in [2.05, 4.69) is 15.4 Å². The third kappa shape index (κ3) is 29.3. The maximum atomic E-state index is 8.57. The molecule has 1 aromatic rings. The van der Waals surface area contributed by atoms with Crippen molar-refractivity contribution >= 4 is 5.95 Å². The summed E-state index contributed by atoms with van der Waals surface area (Å²) in [7, 11) is 1.66. The maximum Gasteiger partial charge on any atom is 2.00 e. The molecule has 0 fully saturated rings. The van der Waals surface area contributed by atoms with Crippen LogP contribution in [0, 0.1) is 0 Å². The number of hydrogen-bond acceptors (Lipinski definition) is 10. The number of anilines is 1. The summed E-state index contributed by atoms with van der Waals surface area (Å²) in [6, 6.07) is 0. The van der Waals surface area contributed by atoms with E-state index in [-0.39, 0.29) is 23.0 Å². The van der Waals surface area contributed by atoms with Gasteiger partial charge in [-0.1, -0.05) is 5.10 Å². The molecule has 0 aromatic carbocycles. The monoisotopic (exact) mass is 512 g/mol. The predicted octanol–water partition coefficient (Wildman–Crippen LogP) is -14.3. The maximum absolute atomic E-state index is 8.57. The number of aryl methyl sites for hydroxylation is 1. The third-order valence-electron chi connectivity index (χ3n) is 0.524. The van der Waals surface area contributed by atoms with Crippen molar-refractivity contribution in [2.75, 3.05) is 5.73 Å². The van der Waals surface area contributed by atoms with Crippen molar-refractivity contribution < 1.29 is 79.8 Å². The van der Waals surface area contributed by atoms with Crippen molar-refractivity contribution in [3.8, 4) is 0 Å². The molecule has 16 heavy (non-hydrogen) atoms. The molecule has 0 bridgehead atoms. The minimum atomic E-state index is -4.01. The Hall–Kier alpha value is 0.609. The van der Waals surface area contributed by atoms with Crippen molar-refractivity contribution in [3.05, 3.63) is 0 Å². The van der Waals surface area contributed by atoms with Gasteiger partial charge in [-0.25, -0.2) is 0 Å². The van der Waals surface area contributed by atoms with Crippen LogP contribution in [0.2, 0.25) is 0 Å². The number of aromatic nitrogens is 4. The second-order valence-corrected chi connectivity index (χ2v) is 3.67. The molecule has 1 heterocycles. The summed E-state index contributed by atoms with van der Waals surface area (Å²) in [5, 5.41) is 10.4. The van der Waals surface area contributed by atoms with E-state index in [1.54, 1.807) is 7.05 Å². The Morgan fingerprint density at radius 2 is 1.38 bits per heavy atom. The topological polar surface area (TPSA) is 208 Å². The first-order valence-corrected chi connectivity index (χ1v) is 7.99. The van der Waals surface area contributed by atoms with Crippen LogP contribution in [0.3, 0.4) is 0 Å². The smallest absolute Gasteiger partial charge is 0.427 e. The molecule has 0 aliphatic rings. The van der Waals surface area contributed by atoms with E-state index in [0.29, 0.717) is 0 Å². The zero-order valence-electron chi connectivity index (χ0n) is 7.37. The summed E-state index contributed by atoms with van der Waals surface area (Å²) in [4.78, 5) is 1.30. The summed E-state index contributed by atoms with van der Waals surface area (Å²) in [5.41, 5.74) is 5.07. The number of hydrogen-bond donors (Lipinski definition) is 1. The van der Waals surface area contributed by atoms with Gasteiger partial charge in [0.05, 0.1) is 7.05 Å². The van der Waals surface area contributed by atoms with Gasteiger partial charge in [-0.05, 0) is 5.21 Å². The number of nitrogens with zero attached hydrogens (tertiary/aromatic N) is 4. The Morgan fingerprint density at radius 1 is 1.06 bits per heavy atom. The van der Waals surface area contributed by atoms with Gasteiger partial charge in [-0.15, -0.1) is 5.10 Å². The number of halogens is 2. The van der Waals surface area contributed by atoms with E-state index in [9.17, 15) is 0 Å². The van der Waals surface area contributed by atoms with Crippen LogP contribution in [-0.2, 0) is 24.1 Å². The van der Waals surface area contributed by atoms with E-state index in [1.165, 1.54) is 4.80 Å². The van der Waals surface area contributed by atoms with Crippen LogP contribution >= 0.6 is 0 Å². The molecule has 0 spiro atoms. The van der Waals surface area contributed by atoms with Gasteiger partial charge in [0.2, 0.25) is 0 Å². The molecule has 0 saturated carbocycles. The van der Waals surface area contributed by atoms with Crippen LogP contribution in [0.25, 0.3) is 0 Å². The molecule has 1 aromatic heterocycles. The summed E-state index contributed by atoms with van der Waals surface area (Å²) < 4.78 is 51.4. The Morgan fingerprint density at radius 3 is 1.44 bits per heavy atom. The van der Waals surface area contributed by atoms with Crippen molar-refractivity contribution in [1.29, 1.82) is 0 Å². The van der Waals surface area contributed by atoms with Gasteiger partial charge in [0.15, 0.2) is 0 Å². The van der Waals surface area contributed by atoms with Gasteiger partial charge in [0.25, 0.3) is 48.1 Å². The van der Waals surface area contributed by atoms with Crippen molar-refractivity contribution in [3.63, 3.8) is 0 Å². The van der Waals surface area contributed by atoms with Gasteiger partial charge in [-0.2, -0.15) is 4.80 Å². The van der Waals surface area contributed by atoms with E-state index in [4.69, 9.17) is 26.3 Å². The van der Waals surface area contributed by atoms with Crippen LogP contribution in [0.1, 0.15) is 0 Å². The number of nitrogens with two attached hydrogens (primary N) is 1. The fourth-order valence-electron chi connectivity index (χ4n) is 0.299. The fraction of sp³-hybridized carbons (Fsp3) is 0.500. The first-order chi connectivity index (χ1) is 6.75. The van der Waals surface area contributed by atoms with E-state index >= 15 is 0 Å². The van der Waals surface area contributed by atoms with Gasteiger partial charge < -0.3 is 26.3 Å². The van der Waals surface area contributed by atoms with E-state index in [0.717, 1.165) is 0 Å². The number of nitrogen functional groups attached to an aromatic ring is 1. The Labute approximate surface area is 118 Å². The third-order valence-corrected chi connectivity index (χ3v) is 0.524. The Bertz CT molecular complexity index is 221. The predicted molar refractivity (Wildman–Crippen MR) is 23.2 cm³/mol. The van der Waals surface area contributed by atoms with Gasteiger partial charge in [0.1, 0.15) is 0 Å². The molecule has 1 rings (SSSR count). The number of tetrazole rings is 1. The molecule has 0 saturated heterocycles. The number of rotatable bonds is 0. The minimum absolute atomic E-state index is 0. The minimum Gasteiger partial charge on any atom is -0.427 e. The van der Waals surface area contributed by atoms with Gasteiger partial charge in [-0.3, -0.25) is 0 Å². The Kier molecular flexibility index (Phi) is 18.7. The first kappa shape index (κ1) is 21.8. The SMILES string of the molecule is Cn1nnc(N)n1.[Cu+2].[O-][I+2]([O-])[O-].[O-][I+2]([O-])[O-].